The number of rotatable bonds is 7. The highest BCUT2D eigenvalue weighted by Crippen LogP contribution is 2.22. The maximum atomic E-state index is 5.95. The fraction of sp³-hybridized carbons (Fsp3) is 0.333. The Balaban J connectivity index is 2.05. The molecule has 0 aromatic heterocycles. The van der Waals surface area contributed by atoms with Crippen molar-refractivity contribution in [3.05, 3.63) is 64.7 Å². The fourth-order valence-electron chi connectivity index (χ4n) is 2.37. The van der Waals surface area contributed by atoms with Crippen LogP contribution in [0, 0.1) is 0 Å². The van der Waals surface area contributed by atoms with E-state index < -0.39 is 0 Å². The first-order chi connectivity index (χ1) is 10.2. The van der Waals surface area contributed by atoms with Crippen LogP contribution in [0.5, 0.6) is 5.75 Å². The SMILES string of the molecule is CCOc1ccccc1CNC(CC)c1ccc(Cl)cc1. The molecule has 21 heavy (non-hydrogen) atoms. The molecule has 0 saturated carbocycles. The minimum absolute atomic E-state index is 0.317. The van der Waals surface area contributed by atoms with E-state index in [1.54, 1.807) is 0 Å². The predicted octanol–water partition coefficient (Wildman–Crippen LogP) is 4.98. The zero-order chi connectivity index (χ0) is 15.1. The molecule has 0 aliphatic carbocycles. The van der Waals surface area contributed by atoms with E-state index in [9.17, 15) is 0 Å². The van der Waals surface area contributed by atoms with Crippen molar-refractivity contribution in [2.75, 3.05) is 6.61 Å². The summed E-state index contributed by atoms with van der Waals surface area (Å²) in [6.07, 6.45) is 1.03. The van der Waals surface area contributed by atoms with Crippen LogP contribution in [0.2, 0.25) is 5.02 Å². The van der Waals surface area contributed by atoms with Gasteiger partial charge < -0.3 is 10.1 Å². The van der Waals surface area contributed by atoms with Gasteiger partial charge in [-0.15, -0.1) is 0 Å². The molecule has 2 rings (SSSR count). The quantitative estimate of drug-likeness (QED) is 0.779. The summed E-state index contributed by atoms with van der Waals surface area (Å²) in [5, 5.41) is 4.37. The van der Waals surface area contributed by atoms with Crippen LogP contribution in [0.25, 0.3) is 0 Å². The van der Waals surface area contributed by atoms with Gasteiger partial charge in [0.15, 0.2) is 0 Å². The summed E-state index contributed by atoms with van der Waals surface area (Å²) >= 11 is 5.95. The largest absolute Gasteiger partial charge is 0.494 e. The summed E-state index contributed by atoms with van der Waals surface area (Å²) in [6, 6.07) is 16.5. The molecule has 1 N–H and O–H groups in total. The van der Waals surface area contributed by atoms with Gasteiger partial charge in [-0.1, -0.05) is 48.9 Å². The molecule has 1 atom stereocenters. The molecule has 0 bridgehead atoms. The van der Waals surface area contributed by atoms with Crippen LogP contribution in [-0.4, -0.2) is 6.61 Å². The van der Waals surface area contributed by atoms with Gasteiger partial charge in [0.1, 0.15) is 5.75 Å². The Bertz CT molecular complexity index is 553. The van der Waals surface area contributed by atoms with Crippen molar-refractivity contribution in [3.8, 4) is 5.75 Å². The first-order valence-corrected chi connectivity index (χ1v) is 7.82. The Morgan fingerprint density at radius 1 is 1.05 bits per heavy atom. The van der Waals surface area contributed by atoms with Crippen LogP contribution >= 0.6 is 11.6 Å². The molecule has 0 spiro atoms. The molecule has 2 aromatic rings. The third-order valence-electron chi connectivity index (χ3n) is 3.49. The number of nitrogens with one attached hydrogen (secondary N) is 1. The van der Waals surface area contributed by atoms with Crippen LogP contribution in [0.4, 0.5) is 0 Å². The fourth-order valence-corrected chi connectivity index (χ4v) is 2.50. The lowest BCUT2D eigenvalue weighted by Gasteiger charge is -2.19. The van der Waals surface area contributed by atoms with Gasteiger partial charge in [0.05, 0.1) is 6.61 Å². The molecule has 2 aromatic carbocycles. The van der Waals surface area contributed by atoms with Crippen molar-refractivity contribution in [3.63, 3.8) is 0 Å². The molecule has 0 heterocycles. The predicted molar refractivity (Wildman–Crippen MR) is 88.9 cm³/mol. The van der Waals surface area contributed by atoms with Crippen molar-refractivity contribution < 1.29 is 4.74 Å². The van der Waals surface area contributed by atoms with Crippen LogP contribution in [0.15, 0.2) is 48.5 Å². The standard InChI is InChI=1S/C18H22ClNO/c1-3-17(14-9-11-16(19)12-10-14)20-13-15-7-5-6-8-18(15)21-4-2/h5-12,17,20H,3-4,13H2,1-2H3. The van der Waals surface area contributed by atoms with Gasteiger partial charge in [-0.3, -0.25) is 0 Å². The Kier molecular flexibility index (Phi) is 6.09. The highest BCUT2D eigenvalue weighted by Gasteiger charge is 2.10. The van der Waals surface area contributed by atoms with E-state index in [0.717, 1.165) is 23.7 Å². The second kappa shape index (κ2) is 8.06. The highest BCUT2D eigenvalue weighted by molar-refractivity contribution is 6.30. The van der Waals surface area contributed by atoms with E-state index in [-0.39, 0.29) is 0 Å². The normalized spacial score (nSPS) is 12.1. The second-order valence-electron chi connectivity index (χ2n) is 4.93. The Hall–Kier alpha value is -1.51. The van der Waals surface area contributed by atoms with Gasteiger partial charge in [0.2, 0.25) is 0 Å². The summed E-state index contributed by atoms with van der Waals surface area (Å²) in [6.45, 7) is 5.66. The maximum absolute atomic E-state index is 5.95. The van der Waals surface area contributed by atoms with Gasteiger partial charge in [0.25, 0.3) is 0 Å². The Morgan fingerprint density at radius 2 is 1.76 bits per heavy atom. The van der Waals surface area contributed by atoms with Gasteiger partial charge in [-0.25, -0.2) is 0 Å². The topological polar surface area (TPSA) is 21.3 Å². The number of halogens is 1. The van der Waals surface area contributed by atoms with E-state index >= 15 is 0 Å². The van der Waals surface area contributed by atoms with Gasteiger partial charge in [-0.05, 0) is 37.1 Å². The Labute approximate surface area is 132 Å². The smallest absolute Gasteiger partial charge is 0.123 e. The maximum Gasteiger partial charge on any atom is 0.123 e. The van der Waals surface area contributed by atoms with Crippen LogP contribution in [0.3, 0.4) is 0 Å². The van der Waals surface area contributed by atoms with E-state index in [4.69, 9.17) is 16.3 Å². The van der Waals surface area contributed by atoms with E-state index in [1.807, 2.05) is 37.3 Å². The molecule has 0 aliphatic rings. The van der Waals surface area contributed by atoms with Gasteiger partial charge in [0, 0.05) is 23.2 Å². The first kappa shape index (κ1) is 15.9. The van der Waals surface area contributed by atoms with Crippen LogP contribution in [-0.2, 0) is 6.54 Å². The number of ether oxygens (including phenoxy) is 1. The number of hydrogen-bond donors (Lipinski definition) is 1. The van der Waals surface area contributed by atoms with Crippen LogP contribution < -0.4 is 10.1 Å². The van der Waals surface area contributed by atoms with E-state index in [0.29, 0.717) is 12.6 Å². The Morgan fingerprint density at radius 3 is 2.43 bits per heavy atom. The number of para-hydroxylation sites is 1. The van der Waals surface area contributed by atoms with Crippen LogP contribution in [0.1, 0.15) is 37.4 Å². The summed E-state index contributed by atoms with van der Waals surface area (Å²) in [7, 11) is 0. The zero-order valence-electron chi connectivity index (χ0n) is 12.6. The monoisotopic (exact) mass is 303 g/mol. The molecule has 0 aliphatic heterocycles. The highest BCUT2D eigenvalue weighted by atomic mass is 35.5. The molecular formula is C18H22ClNO. The molecule has 112 valence electrons. The summed E-state index contributed by atoms with van der Waals surface area (Å²) in [4.78, 5) is 0. The van der Waals surface area contributed by atoms with Crippen molar-refractivity contribution >= 4 is 11.6 Å². The molecule has 2 nitrogen and oxygen atoms in total. The summed E-state index contributed by atoms with van der Waals surface area (Å²) < 4.78 is 5.67. The van der Waals surface area contributed by atoms with E-state index in [1.165, 1.54) is 11.1 Å². The molecule has 0 radical (unpaired) electrons. The van der Waals surface area contributed by atoms with Crippen molar-refractivity contribution in [2.45, 2.75) is 32.9 Å². The molecule has 3 heteroatoms. The average molecular weight is 304 g/mol. The second-order valence-corrected chi connectivity index (χ2v) is 5.37. The number of benzene rings is 2. The van der Waals surface area contributed by atoms with Crippen molar-refractivity contribution in [1.82, 2.24) is 5.32 Å². The van der Waals surface area contributed by atoms with Gasteiger partial charge in [-0.2, -0.15) is 0 Å². The first-order valence-electron chi connectivity index (χ1n) is 7.44. The van der Waals surface area contributed by atoms with E-state index in [2.05, 4.69) is 30.4 Å². The lowest BCUT2D eigenvalue weighted by atomic mass is 10.0. The van der Waals surface area contributed by atoms with Crippen molar-refractivity contribution in [2.24, 2.45) is 0 Å². The van der Waals surface area contributed by atoms with Gasteiger partial charge >= 0.3 is 0 Å². The summed E-state index contributed by atoms with van der Waals surface area (Å²) in [5.41, 5.74) is 2.45. The third-order valence-corrected chi connectivity index (χ3v) is 3.74. The molecule has 0 saturated heterocycles. The molecular weight excluding hydrogens is 282 g/mol. The third kappa shape index (κ3) is 4.48. The zero-order valence-corrected chi connectivity index (χ0v) is 13.4. The minimum Gasteiger partial charge on any atom is -0.494 e. The molecule has 1 unspecified atom stereocenters. The minimum atomic E-state index is 0.317. The average Bonchev–Trinajstić information content (AvgIpc) is 2.51. The molecule has 0 fully saturated rings. The van der Waals surface area contributed by atoms with Crippen molar-refractivity contribution in [1.29, 1.82) is 0 Å². The summed E-state index contributed by atoms with van der Waals surface area (Å²) in [5.74, 6) is 0.957. The molecule has 0 amide bonds. The lowest BCUT2D eigenvalue weighted by molar-refractivity contribution is 0.334. The lowest BCUT2D eigenvalue weighted by Crippen LogP contribution is -2.20. The number of hydrogen-bond acceptors (Lipinski definition) is 2.